The first-order valence-electron chi connectivity index (χ1n) is 7.67. The van der Waals surface area contributed by atoms with Crippen LogP contribution in [0.4, 0.5) is 5.69 Å². The van der Waals surface area contributed by atoms with Gasteiger partial charge in [0.1, 0.15) is 5.58 Å². The van der Waals surface area contributed by atoms with Crippen molar-refractivity contribution in [3.8, 4) is 6.07 Å². The zero-order valence-electron chi connectivity index (χ0n) is 13.5. The molecular weight excluding hydrogens is 356 g/mol. The molecule has 0 unspecified atom stereocenters. The fraction of sp³-hybridized carbons (Fsp3) is 0.105. The molecule has 0 aliphatic carbocycles. The largest absolute Gasteiger partial charge is 0.450 e. The van der Waals surface area contributed by atoms with Gasteiger partial charge in [0.2, 0.25) is 5.76 Å². The van der Waals surface area contributed by atoms with Crippen molar-refractivity contribution in [3.63, 3.8) is 0 Å². The summed E-state index contributed by atoms with van der Waals surface area (Å²) in [6.45, 7) is -0.448. The molecule has 1 aromatic heterocycles. The SMILES string of the molecule is N#CCc1ccc(NC(=O)COC(=O)c2cc3cc(Cl)ccc3o2)cc1. The molecule has 1 heterocycles. The molecule has 3 rings (SSSR count). The van der Waals surface area contributed by atoms with Gasteiger partial charge in [0.05, 0.1) is 12.5 Å². The number of amides is 1. The smallest absolute Gasteiger partial charge is 0.374 e. The zero-order chi connectivity index (χ0) is 18.5. The van der Waals surface area contributed by atoms with Crippen molar-refractivity contribution < 1.29 is 18.7 Å². The first kappa shape index (κ1) is 17.5. The van der Waals surface area contributed by atoms with E-state index in [9.17, 15) is 9.59 Å². The lowest BCUT2D eigenvalue weighted by molar-refractivity contribution is -0.119. The number of nitrogens with one attached hydrogen (secondary N) is 1. The van der Waals surface area contributed by atoms with E-state index in [0.717, 1.165) is 5.56 Å². The number of rotatable bonds is 5. The molecule has 0 bridgehead atoms. The summed E-state index contributed by atoms with van der Waals surface area (Å²) in [5, 5.41) is 12.4. The fourth-order valence-corrected chi connectivity index (χ4v) is 2.49. The van der Waals surface area contributed by atoms with Gasteiger partial charge in [0.15, 0.2) is 6.61 Å². The highest BCUT2D eigenvalue weighted by molar-refractivity contribution is 6.31. The number of nitriles is 1. The van der Waals surface area contributed by atoms with Gasteiger partial charge in [0, 0.05) is 16.1 Å². The second-order valence-electron chi connectivity index (χ2n) is 5.45. The Morgan fingerprint density at radius 2 is 1.92 bits per heavy atom. The lowest BCUT2D eigenvalue weighted by Gasteiger charge is -2.06. The summed E-state index contributed by atoms with van der Waals surface area (Å²) >= 11 is 5.89. The Hall–Kier alpha value is -3.30. The standard InChI is InChI=1S/C19H13ClN2O4/c20-14-3-6-16-13(9-14)10-17(26-16)19(24)25-11-18(23)22-15-4-1-12(2-5-15)7-8-21/h1-6,9-10H,7,11H2,(H,22,23). The number of esters is 1. The van der Waals surface area contributed by atoms with E-state index < -0.39 is 18.5 Å². The second kappa shape index (κ2) is 7.72. The number of hydrogen-bond donors (Lipinski definition) is 1. The summed E-state index contributed by atoms with van der Waals surface area (Å²) in [5.41, 5.74) is 1.90. The normalized spacial score (nSPS) is 10.3. The molecule has 1 amide bonds. The summed E-state index contributed by atoms with van der Waals surface area (Å²) in [6.07, 6.45) is 0.300. The van der Waals surface area contributed by atoms with Crippen LogP contribution in [0.15, 0.2) is 52.9 Å². The molecule has 0 spiro atoms. The molecule has 130 valence electrons. The highest BCUT2D eigenvalue weighted by Crippen LogP contribution is 2.23. The third kappa shape index (κ3) is 4.21. The summed E-state index contributed by atoms with van der Waals surface area (Å²) in [7, 11) is 0. The zero-order valence-corrected chi connectivity index (χ0v) is 14.2. The lowest BCUT2D eigenvalue weighted by atomic mass is 10.1. The van der Waals surface area contributed by atoms with Gasteiger partial charge < -0.3 is 14.5 Å². The van der Waals surface area contributed by atoms with Crippen molar-refractivity contribution in [2.75, 3.05) is 11.9 Å². The van der Waals surface area contributed by atoms with Crippen molar-refractivity contribution in [3.05, 3.63) is 64.9 Å². The molecule has 0 fully saturated rings. The highest BCUT2D eigenvalue weighted by Gasteiger charge is 2.15. The van der Waals surface area contributed by atoms with E-state index in [4.69, 9.17) is 26.0 Å². The molecule has 6 nitrogen and oxygen atoms in total. The number of carbonyl (C=O) groups excluding carboxylic acids is 2. The van der Waals surface area contributed by atoms with Crippen LogP contribution in [-0.2, 0) is 16.0 Å². The average Bonchev–Trinajstić information content (AvgIpc) is 3.05. The number of nitrogens with zero attached hydrogens (tertiary/aromatic N) is 1. The van der Waals surface area contributed by atoms with E-state index in [1.165, 1.54) is 6.07 Å². The van der Waals surface area contributed by atoms with Crippen LogP contribution < -0.4 is 5.32 Å². The Morgan fingerprint density at radius 3 is 2.65 bits per heavy atom. The van der Waals surface area contributed by atoms with Crippen molar-refractivity contribution in [2.24, 2.45) is 0 Å². The molecule has 0 radical (unpaired) electrons. The summed E-state index contributed by atoms with van der Waals surface area (Å²) in [5.74, 6) is -1.22. The van der Waals surface area contributed by atoms with Gasteiger partial charge in [-0.2, -0.15) is 5.26 Å². The number of fused-ring (bicyclic) bond motifs is 1. The van der Waals surface area contributed by atoms with Gasteiger partial charge in [-0.3, -0.25) is 4.79 Å². The van der Waals surface area contributed by atoms with E-state index in [1.807, 2.05) is 6.07 Å². The quantitative estimate of drug-likeness (QED) is 0.688. The molecule has 0 atom stereocenters. The number of halogens is 1. The Labute approximate surface area is 153 Å². The predicted octanol–water partition coefficient (Wildman–Crippen LogP) is 3.95. The summed E-state index contributed by atoms with van der Waals surface area (Å²) < 4.78 is 10.3. The Bertz CT molecular complexity index is 1000. The first-order valence-corrected chi connectivity index (χ1v) is 8.05. The maximum atomic E-state index is 12.0. The molecule has 0 aliphatic rings. The minimum Gasteiger partial charge on any atom is -0.450 e. The molecular formula is C19H13ClN2O4. The van der Waals surface area contributed by atoms with Gasteiger partial charge in [-0.1, -0.05) is 23.7 Å². The molecule has 7 heteroatoms. The van der Waals surface area contributed by atoms with Crippen molar-refractivity contribution >= 4 is 40.1 Å². The maximum absolute atomic E-state index is 12.0. The monoisotopic (exact) mass is 368 g/mol. The first-order chi connectivity index (χ1) is 12.5. The van der Waals surface area contributed by atoms with Crippen molar-refractivity contribution in [2.45, 2.75) is 6.42 Å². The summed E-state index contributed by atoms with van der Waals surface area (Å²) in [6, 6.07) is 15.4. The minimum atomic E-state index is -0.739. The van der Waals surface area contributed by atoms with Gasteiger partial charge in [-0.25, -0.2) is 4.79 Å². The van der Waals surface area contributed by atoms with Crippen LogP contribution in [0.2, 0.25) is 5.02 Å². The predicted molar refractivity (Wildman–Crippen MR) is 95.9 cm³/mol. The van der Waals surface area contributed by atoms with Crippen molar-refractivity contribution in [1.29, 1.82) is 5.26 Å². The molecule has 1 N–H and O–H groups in total. The van der Waals surface area contributed by atoms with Gasteiger partial charge in [-0.15, -0.1) is 0 Å². The number of carbonyl (C=O) groups is 2. The van der Waals surface area contributed by atoms with Crippen LogP contribution in [0.1, 0.15) is 16.1 Å². The Morgan fingerprint density at radius 1 is 1.15 bits per heavy atom. The van der Waals surface area contributed by atoms with E-state index in [2.05, 4.69) is 5.32 Å². The average molecular weight is 369 g/mol. The number of benzene rings is 2. The van der Waals surface area contributed by atoms with Gasteiger partial charge >= 0.3 is 5.97 Å². The van der Waals surface area contributed by atoms with Gasteiger partial charge in [-0.05, 0) is 42.0 Å². The number of anilines is 1. The van der Waals surface area contributed by atoms with Crippen LogP contribution >= 0.6 is 11.6 Å². The number of furan rings is 1. The van der Waals surface area contributed by atoms with E-state index in [1.54, 1.807) is 42.5 Å². The molecule has 0 saturated heterocycles. The number of hydrogen-bond acceptors (Lipinski definition) is 5. The number of ether oxygens (including phenoxy) is 1. The van der Waals surface area contributed by atoms with Crippen LogP contribution in [-0.4, -0.2) is 18.5 Å². The topological polar surface area (TPSA) is 92.3 Å². The second-order valence-corrected chi connectivity index (χ2v) is 5.89. The third-order valence-electron chi connectivity index (χ3n) is 3.53. The van der Waals surface area contributed by atoms with E-state index in [0.29, 0.717) is 28.1 Å². The maximum Gasteiger partial charge on any atom is 0.374 e. The van der Waals surface area contributed by atoms with E-state index in [-0.39, 0.29) is 5.76 Å². The highest BCUT2D eigenvalue weighted by atomic mass is 35.5. The van der Waals surface area contributed by atoms with E-state index >= 15 is 0 Å². The fourth-order valence-electron chi connectivity index (χ4n) is 2.31. The van der Waals surface area contributed by atoms with Crippen LogP contribution in [0.25, 0.3) is 11.0 Å². The molecule has 0 aliphatic heterocycles. The molecule has 0 saturated carbocycles. The van der Waals surface area contributed by atoms with Crippen LogP contribution in [0, 0.1) is 11.3 Å². The van der Waals surface area contributed by atoms with Crippen molar-refractivity contribution in [1.82, 2.24) is 0 Å². The van der Waals surface area contributed by atoms with Crippen LogP contribution in [0.5, 0.6) is 0 Å². The Balaban J connectivity index is 1.56. The van der Waals surface area contributed by atoms with Gasteiger partial charge in [0.25, 0.3) is 5.91 Å². The summed E-state index contributed by atoms with van der Waals surface area (Å²) in [4.78, 5) is 23.9. The van der Waals surface area contributed by atoms with Crippen LogP contribution in [0.3, 0.4) is 0 Å². The minimum absolute atomic E-state index is 0.00377. The molecule has 2 aromatic carbocycles. The Kier molecular flexibility index (Phi) is 5.20. The lowest BCUT2D eigenvalue weighted by Crippen LogP contribution is -2.20. The third-order valence-corrected chi connectivity index (χ3v) is 3.77. The molecule has 26 heavy (non-hydrogen) atoms. The molecule has 3 aromatic rings.